The first-order valence-corrected chi connectivity index (χ1v) is 10.8. The predicted molar refractivity (Wildman–Crippen MR) is 118 cm³/mol. The molecule has 0 radical (unpaired) electrons. The van der Waals surface area contributed by atoms with Crippen molar-refractivity contribution >= 4 is 17.4 Å². The van der Waals surface area contributed by atoms with Crippen LogP contribution >= 0.6 is 0 Å². The van der Waals surface area contributed by atoms with Crippen LogP contribution in [0.2, 0.25) is 0 Å². The van der Waals surface area contributed by atoms with E-state index >= 15 is 0 Å². The normalized spacial score (nSPS) is 16.9. The van der Waals surface area contributed by atoms with Gasteiger partial charge in [0.15, 0.2) is 0 Å². The number of benzene rings is 1. The van der Waals surface area contributed by atoms with E-state index in [4.69, 9.17) is 0 Å². The summed E-state index contributed by atoms with van der Waals surface area (Å²) in [5, 5.41) is 0. The summed E-state index contributed by atoms with van der Waals surface area (Å²) < 4.78 is 79.5. The van der Waals surface area contributed by atoms with Crippen molar-refractivity contribution < 1.29 is 35.9 Å². The van der Waals surface area contributed by atoms with Gasteiger partial charge in [-0.15, -0.1) is 0 Å². The fourth-order valence-electron chi connectivity index (χ4n) is 3.63. The Labute approximate surface area is 195 Å². The zero-order chi connectivity index (χ0) is 25.7. The quantitative estimate of drug-likeness (QED) is 0.381. The Balaban J connectivity index is 1.96. The second-order valence-corrected chi connectivity index (χ2v) is 8.19. The maximum absolute atomic E-state index is 12.6. The van der Waals surface area contributed by atoms with E-state index < -0.39 is 24.5 Å². The van der Waals surface area contributed by atoms with E-state index in [0.717, 1.165) is 32.9 Å². The van der Waals surface area contributed by atoms with Crippen molar-refractivity contribution in [3.63, 3.8) is 0 Å². The van der Waals surface area contributed by atoms with Crippen LogP contribution < -0.4 is 0 Å². The van der Waals surface area contributed by atoms with E-state index in [-0.39, 0.29) is 13.1 Å². The number of alkyl halides is 6. The largest absolute Gasteiger partial charge is 0.434 e. The monoisotopic (exact) mass is 493 g/mol. The van der Waals surface area contributed by atoms with Crippen molar-refractivity contribution in [2.24, 2.45) is 4.99 Å². The van der Waals surface area contributed by atoms with Gasteiger partial charge in [-0.25, -0.2) is 4.79 Å². The van der Waals surface area contributed by atoms with E-state index in [0.29, 0.717) is 26.2 Å². The summed E-state index contributed by atoms with van der Waals surface area (Å²) in [5.74, 6) is 0. The lowest BCUT2D eigenvalue weighted by Gasteiger charge is -2.35. The Morgan fingerprint density at radius 2 is 1.68 bits per heavy atom. The number of aryl methyl sites for hydroxylation is 1. The maximum Gasteiger partial charge on any atom is 0.434 e. The Morgan fingerprint density at radius 1 is 1.09 bits per heavy atom. The summed E-state index contributed by atoms with van der Waals surface area (Å²) in [6.07, 6.45) is -15.2. The maximum atomic E-state index is 12.6. The van der Waals surface area contributed by atoms with Crippen LogP contribution in [0.25, 0.3) is 5.57 Å². The van der Waals surface area contributed by atoms with Crippen molar-refractivity contribution in [2.75, 3.05) is 32.7 Å². The molecule has 11 heteroatoms. The Hall–Kier alpha value is -2.56. The van der Waals surface area contributed by atoms with Gasteiger partial charge in [0, 0.05) is 45.0 Å². The third kappa shape index (κ3) is 7.75. The molecule has 0 bridgehead atoms. The molecular formula is C23H29F6N3O2. The highest BCUT2D eigenvalue weighted by atomic mass is 19.4. The van der Waals surface area contributed by atoms with Crippen molar-refractivity contribution in [3.8, 4) is 0 Å². The van der Waals surface area contributed by atoms with Crippen LogP contribution in [0.15, 0.2) is 29.3 Å². The number of carbonyl (C=O) groups excluding carboxylic acids is 1. The molecule has 1 amide bonds. The molecule has 0 aromatic heterocycles. The molecule has 0 unspecified atom stereocenters. The van der Waals surface area contributed by atoms with Gasteiger partial charge < -0.3 is 9.64 Å². The number of nitrogens with zero attached hydrogens (tertiary/aromatic N) is 3. The van der Waals surface area contributed by atoms with Crippen LogP contribution in [-0.2, 0) is 11.3 Å². The second-order valence-electron chi connectivity index (χ2n) is 8.19. The first-order valence-electron chi connectivity index (χ1n) is 10.8. The number of allylic oxidation sites excluding steroid dienone is 2. The lowest BCUT2D eigenvalue weighted by molar-refractivity contribution is -0.308. The zero-order valence-corrected chi connectivity index (χ0v) is 19.6. The van der Waals surface area contributed by atoms with Crippen molar-refractivity contribution in [1.29, 1.82) is 0 Å². The molecule has 1 aromatic rings. The Morgan fingerprint density at radius 3 is 2.18 bits per heavy atom. The molecule has 1 saturated heterocycles. The minimum atomic E-state index is -5.73. The third-order valence-corrected chi connectivity index (χ3v) is 5.47. The number of amides is 1. The third-order valence-electron chi connectivity index (χ3n) is 5.47. The van der Waals surface area contributed by atoms with E-state index in [1.54, 1.807) is 0 Å². The average Bonchev–Trinajstić information content (AvgIpc) is 2.72. The standard InChI is InChI=1S/C23H29F6N3O2/c1-5-30-17(4)12-15(2)18-6-7-19(16(3)13-18)14-31-8-10-32(11-9-31)21(33)34-20(22(24,25)26)23(27,28)29/h6-7,12-13,20H,5,8-11,14H2,1-4H3/b15-12+,30-17-. The van der Waals surface area contributed by atoms with Crippen LogP contribution in [0.3, 0.4) is 0 Å². The minimum Gasteiger partial charge on any atom is -0.426 e. The van der Waals surface area contributed by atoms with Crippen LogP contribution in [0.4, 0.5) is 31.1 Å². The molecule has 5 nitrogen and oxygen atoms in total. The van der Waals surface area contributed by atoms with E-state index in [9.17, 15) is 31.1 Å². The number of piperazine rings is 1. The van der Waals surface area contributed by atoms with E-state index in [1.807, 2.05) is 50.8 Å². The first-order chi connectivity index (χ1) is 15.7. The molecule has 1 aliphatic heterocycles. The molecule has 0 aliphatic carbocycles. The molecule has 34 heavy (non-hydrogen) atoms. The molecule has 1 fully saturated rings. The molecule has 1 aromatic carbocycles. The van der Waals surface area contributed by atoms with Gasteiger partial charge in [-0.1, -0.05) is 18.2 Å². The predicted octanol–water partition coefficient (Wildman–Crippen LogP) is 5.63. The lowest BCUT2D eigenvalue weighted by Crippen LogP contribution is -2.52. The van der Waals surface area contributed by atoms with Gasteiger partial charge in [0.2, 0.25) is 0 Å². The summed E-state index contributed by atoms with van der Waals surface area (Å²) in [7, 11) is 0. The number of ether oxygens (including phenoxy) is 1. The van der Waals surface area contributed by atoms with Crippen molar-refractivity contribution in [3.05, 3.63) is 41.0 Å². The summed E-state index contributed by atoms with van der Waals surface area (Å²) in [6, 6.07) is 6.05. The highest BCUT2D eigenvalue weighted by molar-refractivity contribution is 5.98. The molecule has 1 heterocycles. The van der Waals surface area contributed by atoms with Gasteiger partial charge >= 0.3 is 18.4 Å². The summed E-state index contributed by atoms with van der Waals surface area (Å²) in [4.78, 5) is 19.1. The fraction of sp³-hybridized carbons (Fsp3) is 0.565. The number of hydrogen-bond donors (Lipinski definition) is 0. The van der Waals surface area contributed by atoms with Crippen molar-refractivity contribution in [1.82, 2.24) is 9.80 Å². The van der Waals surface area contributed by atoms with Crippen LogP contribution in [0.1, 0.15) is 37.5 Å². The second kappa shape index (κ2) is 11.2. The van der Waals surface area contributed by atoms with Gasteiger partial charge in [0.1, 0.15) is 0 Å². The Kier molecular flexibility index (Phi) is 9.15. The van der Waals surface area contributed by atoms with Gasteiger partial charge in [0.25, 0.3) is 6.10 Å². The molecule has 190 valence electrons. The highest BCUT2D eigenvalue weighted by Gasteiger charge is 2.60. The molecule has 2 rings (SSSR count). The number of rotatable bonds is 6. The summed E-state index contributed by atoms with van der Waals surface area (Å²) in [5.41, 5.74) is 5.17. The topological polar surface area (TPSA) is 45.1 Å². The van der Waals surface area contributed by atoms with Crippen LogP contribution in [-0.4, -0.2) is 72.8 Å². The lowest BCUT2D eigenvalue weighted by atomic mass is 9.99. The number of hydrogen-bond acceptors (Lipinski definition) is 4. The number of carbonyl (C=O) groups is 1. The van der Waals surface area contributed by atoms with Gasteiger partial charge in [0.05, 0.1) is 0 Å². The molecule has 1 aliphatic rings. The molecule has 0 atom stereocenters. The summed E-state index contributed by atoms with van der Waals surface area (Å²) >= 11 is 0. The summed E-state index contributed by atoms with van der Waals surface area (Å²) in [6.45, 7) is 9.67. The van der Waals surface area contributed by atoms with Gasteiger partial charge in [-0.3, -0.25) is 9.89 Å². The van der Waals surface area contributed by atoms with Crippen molar-refractivity contribution in [2.45, 2.75) is 52.7 Å². The van der Waals surface area contributed by atoms with Gasteiger partial charge in [-0.2, -0.15) is 26.3 Å². The zero-order valence-electron chi connectivity index (χ0n) is 19.6. The Bertz CT molecular complexity index is 902. The fourth-order valence-corrected chi connectivity index (χ4v) is 3.63. The first kappa shape index (κ1) is 27.7. The smallest absolute Gasteiger partial charge is 0.426 e. The van der Waals surface area contributed by atoms with Crippen LogP contribution in [0, 0.1) is 6.92 Å². The van der Waals surface area contributed by atoms with Gasteiger partial charge in [-0.05, 0) is 56.0 Å². The number of halogens is 6. The van der Waals surface area contributed by atoms with Crippen LogP contribution in [0.5, 0.6) is 0 Å². The number of aliphatic imine (C=N–C) groups is 1. The molecule has 0 N–H and O–H groups in total. The highest BCUT2D eigenvalue weighted by Crippen LogP contribution is 2.36. The van der Waals surface area contributed by atoms with E-state index in [1.165, 1.54) is 0 Å². The molecule has 0 spiro atoms. The molecule has 0 saturated carbocycles. The average molecular weight is 493 g/mol. The minimum absolute atomic E-state index is 0.0315. The molecular weight excluding hydrogens is 464 g/mol. The SMILES string of the molecule is CC/N=C(C)\C=C(/C)c1ccc(CN2CCN(C(=O)OC(C(F)(F)F)C(F)(F)F)CC2)c(C)c1. The van der Waals surface area contributed by atoms with E-state index in [2.05, 4.69) is 15.8 Å².